The molecule has 0 unspecified atom stereocenters. The number of nitrogens with zero attached hydrogens (tertiary/aromatic N) is 1. The van der Waals surface area contributed by atoms with E-state index in [1.807, 2.05) is 27.0 Å². The monoisotopic (exact) mass is 239 g/mol. The van der Waals surface area contributed by atoms with Gasteiger partial charge in [0.2, 0.25) is 0 Å². The van der Waals surface area contributed by atoms with Crippen LogP contribution in [0.25, 0.3) is 0 Å². The van der Waals surface area contributed by atoms with Crippen LogP contribution in [0.3, 0.4) is 0 Å². The van der Waals surface area contributed by atoms with Crippen molar-refractivity contribution >= 4 is 23.9 Å². The molecule has 0 saturated carbocycles. The molecular formula is C10H18NNaO2S. The Morgan fingerprint density at radius 2 is 2.07 bits per heavy atom. The molecule has 3 nitrogen and oxygen atoms in total. The minimum Gasteiger partial charge on any atom is -0.548 e. The van der Waals surface area contributed by atoms with Crippen molar-refractivity contribution in [2.75, 3.05) is 12.0 Å². The van der Waals surface area contributed by atoms with Crippen LogP contribution >= 0.6 is 11.8 Å². The first-order valence-electron chi connectivity index (χ1n) is 4.61. The van der Waals surface area contributed by atoms with Crippen LogP contribution in [0.2, 0.25) is 0 Å². The topological polar surface area (TPSA) is 52.5 Å². The zero-order valence-electron chi connectivity index (χ0n) is 10.2. The third kappa shape index (κ3) is 10.8. The van der Waals surface area contributed by atoms with E-state index in [1.165, 1.54) is 0 Å². The van der Waals surface area contributed by atoms with Gasteiger partial charge in [0, 0.05) is 6.21 Å². The molecule has 1 atom stereocenters. The van der Waals surface area contributed by atoms with Crippen LogP contribution < -0.4 is 34.7 Å². The molecule has 0 radical (unpaired) electrons. The molecule has 0 aliphatic heterocycles. The molecule has 0 amide bonds. The molecule has 0 aromatic rings. The number of carboxylic acid groups (broad SMARTS) is 1. The Morgan fingerprint density at radius 3 is 2.40 bits per heavy atom. The van der Waals surface area contributed by atoms with Crippen molar-refractivity contribution in [2.45, 2.75) is 33.2 Å². The van der Waals surface area contributed by atoms with Crippen LogP contribution in [0, 0.1) is 5.41 Å². The predicted octanol–water partition coefficient (Wildman–Crippen LogP) is -2.02. The Hall–Kier alpha value is 0.490. The summed E-state index contributed by atoms with van der Waals surface area (Å²) in [5, 5.41) is 10.7. The van der Waals surface area contributed by atoms with Crippen molar-refractivity contribution in [3.8, 4) is 0 Å². The quantitative estimate of drug-likeness (QED) is 0.411. The van der Waals surface area contributed by atoms with Gasteiger partial charge in [-0.05, 0) is 23.8 Å². The molecule has 0 heterocycles. The Bertz CT molecular complexity index is 214. The summed E-state index contributed by atoms with van der Waals surface area (Å²) in [4.78, 5) is 14.7. The fourth-order valence-corrected chi connectivity index (χ4v) is 1.26. The van der Waals surface area contributed by atoms with Crippen LogP contribution in [0.4, 0.5) is 0 Å². The molecule has 82 valence electrons. The van der Waals surface area contributed by atoms with Gasteiger partial charge in [0.05, 0.1) is 12.0 Å². The summed E-state index contributed by atoms with van der Waals surface area (Å²) in [5.41, 5.74) is -0.0763. The molecule has 0 aromatic carbocycles. The Morgan fingerprint density at radius 1 is 1.53 bits per heavy atom. The number of hydrogen-bond donors (Lipinski definition) is 0. The second-order valence-electron chi connectivity index (χ2n) is 4.26. The SMILES string of the molecule is CSCC[C@@H](N=CC(C)(C)C)C(=O)[O-].[Na+]. The maximum atomic E-state index is 10.7. The Labute approximate surface area is 118 Å². The summed E-state index contributed by atoms with van der Waals surface area (Å²) in [7, 11) is 0. The molecule has 0 aromatic heterocycles. The van der Waals surface area contributed by atoms with E-state index in [0.717, 1.165) is 5.75 Å². The normalized spacial score (nSPS) is 13.6. The van der Waals surface area contributed by atoms with E-state index in [-0.39, 0.29) is 35.0 Å². The van der Waals surface area contributed by atoms with Crippen molar-refractivity contribution in [1.29, 1.82) is 0 Å². The number of rotatable bonds is 5. The molecule has 0 rings (SSSR count). The van der Waals surface area contributed by atoms with E-state index in [0.29, 0.717) is 6.42 Å². The smallest absolute Gasteiger partial charge is 0.548 e. The van der Waals surface area contributed by atoms with E-state index >= 15 is 0 Å². The first kappa shape index (κ1) is 17.9. The van der Waals surface area contributed by atoms with E-state index in [9.17, 15) is 9.90 Å². The van der Waals surface area contributed by atoms with Gasteiger partial charge in [0.25, 0.3) is 0 Å². The molecule has 5 heteroatoms. The standard InChI is InChI=1S/C10H19NO2S.Na/c1-10(2,3)7-11-8(9(12)13)5-6-14-4;/h7-8H,5-6H2,1-4H3,(H,12,13);/q;+1/p-1/t8-;/m1./s1. The summed E-state index contributed by atoms with van der Waals surface area (Å²) in [5.74, 6) is -0.292. The molecule has 0 saturated heterocycles. The van der Waals surface area contributed by atoms with Crippen LogP contribution in [0.1, 0.15) is 27.2 Å². The van der Waals surface area contributed by atoms with Crippen LogP contribution in [-0.2, 0) is 4.79 Å². The molecule has 0 bridgehead atoms. The Kier molecular flexibility index (Phi) is 10.3. The molecule has 15 heavy (non-hydrogen) atoms. The summed E-state index contributed by atoms with van der Waals surface area (Å²) in [6.45, 7) is 5.95. The molecule has 0 spiro atoms. The van der Waals surface area contributed by atoms with Gasteiger partial charge in [-0.15, -0.1) is 0 Å². The average Bonchev–Trinajstić information content (AvgIpc) is 2.01. The summed E-state index contributed by atoms with van der Waals surface area (Å²) in [6.07, 6.45) is 4.17. The van der Waals surface area contributed by atoms with Crippen molar-refractivity contribution in [3.05, 3.63) is 0 Å². The first-order chi connectivity index (χ1) is 6.37. The number of carbonyl (C=O) groups excluding carboxylic acids is 1. The van der Waals surface area contributed by atoms with Gasteiger partial charge < -0.3 is 9.90 Å². The average molecular weight is 239 g/mol. The minimum atomic E-state index is -1.08. The van der Waals surface area contributed by atoms with Gasteiger partial charge in [-0.1, -0.05) is 20.8 Å². The zero-order valence-corrected chi connectivity index (χ0v) is 13.1. The molecule has 0 aliphatic rings. The Balaban J connectivity index is 0. The molecule has 0 aliphatic carbocycles. The molecule has 0 fully saturated rings. The number of aliphatic carboxylic acids is 1. The van der Waals surface area contributed by atoms with Gasteiger partial charge in [0.15, 0.2) is 0 Å². The van der Waals surface area contributed by atoms with E-state index < -0.39 is 12.0 Å². The second-order valence-corrected chi connectivity index (χ2v) is 5.25. The van der Waals surface area contributed by atoms with E-state index in [4.69, 9.17) is 0 Å². The van der Waals surface area contributed by atoms with E-state index in [1.54, 1.807) is 18.0 Å². The van der Waals surface area contributed by atoms with E-state index in [2.05, 4.69) is 4.99 Å². The predicted molar refractivity (Wildman–Crippen MR) is 59.7 cm³/mol. The van der Waals surface area contributed by atoms with Gasteiger partial charge >= 0.3 is 29.6 Å². The number of hydrogen-bond acceptors (Lipinski definition) is 4. The number of thioether (sulfide) groups is 1. The second kappa shape index (κ2) is 8.62. The number of carbonyl (C=O) groups is 1. The van der Waals surface area contributed by atoms with Gasteiger partial charge in [-0.3, -0.25) is 4.99 Å². The van der Waals surface area contributed by atoms with Crippen molar-refractivity contribution in [3.63, 3.8) is 0 Å². The molecule has 0 N–H and O–H groups in total. The van der Waals surface area contributed by atoms with Crippen LogP contribution in [-0.4, -0.2) is 30.2 Å². The summed E-state index contributed by atoms with van der Waals surface area (Å²) < 4.78 is 0. The fourth-order valence-electron chi connectivity index (χ4n) is 0.796. The maximum absolute atomic E-state index is 10.7. The summed E-state index contributed by atoms with van der Waals surface area (Å²) in [6, 6.07) is -0.693. The third-order valence-electron chi connectivity index (χ3n) is 1.51. The largest absolute Gasteiger partial charge is 1.00 e. The van der Waals surface area contributed by atoms with Gasteiger partial charge in [-0.25, -0.2) is 0 Å². The van der Waals surface area contributed by atoms with Crippen molar-refractivity contribution < 1.29 is 39.5 Å². The number of carboxylic acids is 1. The minimum absolute atomic E-state index is 0. The number of aliphatic imine (C=N–C) groups is 1. The third-order valence-corrected chi connectivity index (χ3v) is 2.15. The maximum Gasteiger partial charge on any atom is 1.00 e. The van der Waals surface area contributed by atoms with Crippen molar-refractivity contribution in [1.82, 2.24) is 0 Å². The molecular weight excluding hydrogens is 221 g/mol. The van der Waals surface area contributed by atoms with Crippen molar-refractivity contribution in [2.24, 2.45) is 10.4 Å². The first-order valence-corrected chi connectivity index (χ1v) is 6.00. The van der Waals surface area contributed by atoms with Gasteiger partial charge in [0.1, 0.15) is 0 Å². The summed E-state index contributed by atoms with van der Waals surface area (Å²) >= 11 is 1.62. The zero-order chi connectivity index (χ0) is 11.2. The fraction of sp³-hybridized carbons (Fsp3) is 0.800. The van der Waals surface area contributed by atoms with Crippen LogP contribution in [0.15, 0.2) is 4.99 Å². The van der Waals surface area contributed by atoms with Gasteiger partial charge in [-0.2, -0.15) is 11.8 Å². The van der Waals surface area contributed by atoms with Crippen LogP contribution in [0.5, 0.6) is 0 Å².